The number of benzene rings is 1. The van der Waals surface area contributed by atoms with E-state index in [9.17, 15) is 4.79 Å². The zero-order chi connectivity index (χ0) is 12.7. The van der Waals surface area contributed by atoms with Crippen LogP contribution in [0.2, 0.25) is 0 Å². The van der Waals surface area contributed by atoms with E-state index in [-0.39, 0.29) is 5.91 Å². The fourth-order valence-electron chi connectivity index (χ4n) is 1.50. The van der Waals surface area contributed by atoms with Crippen molar-refractivity contribution in [3.05, 3.63) is 29.8 Å². The summed E-state index contributed by atoms with van der Waals surface area (Å²) in [5.74, 6) is 0.0517. The van der Waals surface area contributed by atoms with E-state index in [1.807, 2.05) is 37.1 Å². The first-order valence-electron chi connectivity index (χ1n) is 5.65. The van der Waals surface area contributed by atoms with Crippen molar-refractivity contribution >= 4 is 11.6 Å². The molecular weight excluding hydrogens is 214 g/mol. The van der Waals surface area contributed by atoms with Crippen LogP contribution in [0.5, 0.6) is 0 Å². The molecular formula is C13H17N3O. The third-order valence-corrected chi connectivity index (χ3v) is 2.46. The summed E-state index contributed by atoms with van der Waals surface area (Å²) in [6, 6.07) is 9.46. The molecule has 0 aromatic heterocycles. The van der Waals surface area contributed by atoms with Gasteiger partial charge in [-0.2, -0.15) is 5.26 Å². The number of rotatable bonds is 5. The van der Waals surface area contributed by atoms with Crippen LogP contribution in [0.3, 0.4) is 0 Å². The molecule has 0 atom stereocenters. The van der Waals surface area contributed by atoms with E-state index < -0.39 is 0 Å². The average molecular weight is 231 g/mol. The Kier molecular flexibility index (Phi) is 5.02. The van der Waals surface area contributed by atoms with Gasteiger partial charge in [0, 0.05) is 32.2 Å². The summed E-state index contributed by atoms with van der Waals surface area (Å²) in [6.45, 7) is 3.20. The van der Waals surface area contributed by atoms with E-state index >= 15 is 0 Å². The highest BCUT2D eigenvalue weighted by molar-refractivity contribution is 5.76. The average Bonchev–Trinajstić information content (AvgIpc) is 2.36. The number of hydrogen-bond acceptors (Lipinski definition) is 3. The SMILES string of the molecule is CCNC(=O)CCN(C)c1cccc(C#N)c1. The molecule has 4 nitrogen and oxygen atoms in total. The van der Waals surface area contributed by atoms with Crippen LogP contribution >= 0.6 is 0 Å². The molecule has 0 heterocycles. The van der Waals surface area contributed by atoms with Crippen molar-refractivity contribution in [2.75, 3.05) is 25.0 Å². The molecule has 0 radical (unpaired) electrons. The third-order valence-electron chi connectivity index (χ3n) is 2.46. The predicted molar refractivity (Wildman–Crippen MR) is 67.7 cm³/mol. The number of anilines is 1. The summed E-state index contributed by atoms with van der Waals surface area (Å²) in [5.41, 5.74) is 1.58. The van der Waals surface area contributed by atoms with Crippen molar-refractivity contribution in [1.82, 2.24) is 5.32 Å². The molecule has 1 amide bonds. The molecule has 1 aromatic rings. The van der Waals surface area contributed by atoms with Gasteiger partial charge in [-0.25, -0.2) is 0 Å². The van der Waals surface area contributed by atoms with E-state index in [4.69, 9.17) is 5.26 Å². The normalized spacial score (nSPS) is 9.47. The Labute approximate surface area is 102 Å². The first-order valence-corrected chi connectivity index (χ1v) is 5.65. The lowest BCUT2D eigenvalue weighted by Gasteiger charge is -2.19. The summed E-state index contributed by atoms with van der Waals surface area (Å²) in [7, 11) is 1.91. The molecule has 1 N–H and O–H groups in total. The van der Waals surface area contributed by atoms with E-state index in [1.165, 1.54) is 0 Å². The van der Waals surface area contributed by atoms with Crippen molar-refractivity contribution in [2.45, 2.75) is 13.3 Å². The van der Waals surface area contributed by atoms with Crippen LogP contribution < -0.4 is 10.2 Å². The summed E-state index contributed by atoms with van der Waals surface area (Å²) >= 11 is 0. The quantitative estimate of drug-likeness (QED) is 0.836. The van der Waals surface area contributed by atoms with Gasteiger partial charge in [0.15, 0.2) is 0 Å². The van der Waals surface area contributed by atoms with Gasteiger partial charge in [0.2, 0.25) is 5.91 Å². The molecule has 0 saturated carbocycles. The highest BCUT2D eigenvalue weighted by Gasteiger charge is 2.05. The Morgan fingerprint density at radius 3 is 2.94 bits per heavy atom. The minimum absolute atomic E-state index is 0.0517. The molecule has 17 heavy (non-hydrogen) atoms. The molecule has 4 heteroatoms. The second-order valence-electron chi connectivity index (χ2n) is 3.79. The topological polar surface area (TPSA) is 56.1 Å². The van der Waals surface area contributed by atoms with Gasteiger partial charge in [-0.05, 0) is 25.1 Å². The molecule has 1 aromatic carbocycles. The Morgan fingerprint density at radius 1 is 1.53 bits per heavy atom. The Morgan fingerprint density at radius 2 is 2.29 bits per heavy atom. The van der Waals surface area contributed by atoms with Gasteiger partial charge in [0.25, 0.3) is 0 Å². The van der Waals surface area contributed by atoms with Crippen LogP contribution in [0.4, 0.5) is 5.69 Å². The Balaban J connectivity index is 2.55. The van der Waals surface area contributed by atoms with Crippen LogP contribution in [0, 0.1) is 11.3 Å². The maximum absolute atomic E-state index is 11.3. The van der Waals surface area contributed by atoms with Gasteiger partial charge in [0.05, 0.1) is 11.6 Å². The zero-order valence-electron chi connectivity index (χ0n) is 10.2. The number of carbonyl (C=O) groups excluding carboxylic acids is 1. The second kappa shape index (κ2) is 6.54. The summed E-state index contributed by atoms with van der Waals surface area (Å²) < 4.78 is 0. The first-order chi connectivity index (χ1) is 8.17. The number of carbonyl (C=O) groups is 1. The first kappa shape index (κ1) is 13.0. The summed E-state index contributed by atoms with van der Waals surface area (Å²) in [5, 5.41) is 11.6. The van der Waals surface area contributed by atoms with Crippen molar-refractivity contribution in [2.24, 2.45) is 0 Å². The highest BCUT2D eigenvalue weighted by Crippen LogP contribution is 2.14. The van der Waals surface area contributed by atoms with Gasteiger partial charge in [-0.15, -0.1) is 0 Å². The molecule has 0 bridgehead atoms. The van der Waals surface area contributed by atoms with Crippen molar-refractivity contribution in [3.8, 4) is 6.07 Å². The third kappa shape index (κ3) is 4.15. The Hall–Kier alpha value is -2.02. The number of nitrogens with zero attached hydrogens (tertiary/aromatic N) is 2. The van der Waals surface area contributed by atoms with Crippen LogP contribution in [0.25, 0.3) is 0 Å². The maximum atomic E-state index is 11.3. The molecule has 1 rings (SSSR count). The predicted octanol–water partition coefficient (Wildman–Crippen LogP) is 1.52. The van der Waals surface area contributed by atoms with Gasteiger partial charge in [0.1, 0.15) is 0 Å². The summed E-state index contributed by atoms with van der Waals surface area (Å²) in [4.78, 5) is 13.3. The van der Waals surface area contributed by atoms with Gasteiger partial charge in [-0.1, -0.05) is 6.07 Å². The second-order valence-corrected chi connectivity index (χ2v) is 3.79. The fourth-order valence-corrected chi connectivity index (χ4v) is 1.50. The highest BCUT2D eigenvalue weighted by atomic mass is 16.1. The summed E-state index contributed by atoms with van der Waals surface area (Å²) in [6.07, 6.45) is 0.459. The van der Waals surface area contributed by atoms with Crippen LogP contribution in [0.1, 0.15) is 18.9 Å². The molecule has 0 aliphatic rings. The number of hydrogen-bond donors (Lipinski definition) is 1. The van der Waals surface area contributed by atoms with Crippen molar-refractivity contribution < 1.29 is 4.79 Å². The van der Waals surface area contributed by atoms with Crippen molar-refractivity contribution in [1.29, 1.82) is 5.26 Å². The maximum Gasteiger partial charge on any atom is 0.221 e. The minimum atomic E-state index is 0.0517. The van der Waals surface area contributed by atoms with E-state index in [0.29, 0.717) is 25.1 Å². The number of nitrogens with one attached hydrogen (secondary N) is 1. The number of amides is 1. The molecule has 0 saturated heterocycles. The molecule has 0 aliphatic heterocycles. The molecule has 0 spiro atoms. The van der Waals surface area contributed by atoms with Crippen LogP contribution in [-0.2, 0) is 4.79 Å². The van der Waals surface area contributed by atoms with Gasteiger partial charge >= 0.3 is 0 Å². The van der Waals surface area contributed by atoms with E-state index in [2.05, 4.69) is 11.4 Å². The fraction of sp³-hybridized carbons (Fsp3) is 0.385. The largest absolute Gasteiger partial charge is 0.374 e. The standard InChI is InChI=1S/C13H17N3O/c1-3-15-13(17)7-8-16(2)12-6-4-5-11(9-12)10-14/h4-6,9H,3,7-8H2,1-2H3,(H,15,17). The minimum Gasteiger partial charge on any atom is -0.374 e. The lowest BCUT2D eigenvalue weighted by Crippen LogP contribution is -2.28. The van der Waals surface area contributed by atoms with Gasteiger partial charge in [-0.3, -0.25) is 4.79 Å². The molecule has 0 fully saturated rings. The zero-order valence-corrected chi connectivity index (χ0v) is 10.2. The van der Waals surface area contributed by atoms with Crippen LogP contribution in [-0.4, -0.2) is 26.0 Å². The molecule has 0 aliphatic carbocycles. The van der Waals surface area contributed by atoms with Gasteiger partial charge < -0.3 is 10.2 Å². The van der Waals surface area contributed by atoms with E-state index in [0.717, 1.165) is 5.69 Å². The van der Waals surface area contributed by atoms with Crippen molar-refractivity contribution in [3.63, 3.8) is 0 Å². The monoisotopic (exact) mass is 231 g/mol. The Bertz CT molecular complexity index is 423. The number of nitriles is 1. The lowest BCUT2D eigenvalue weighted by molar-refractivity contribution is -0.120. The smallest absolute Gasteiger partial charge is 0.221 e. The van der Waals surface area contributed by atoms with E-state index in [1.54, 1.807) is 6.07 Å². The molecule has 90 valence electrons. The molecule has 0 unspecified atom stereocenters. The lowest BCUT2D eigenvalue weighted by atomic mass is 10.2. The van der Waals surface area contributed by atoms with Crippen LogP contribution in [0.15, 0.2) is 24.3 Å².